The van der Waals surface area contributed by atoms with Gasteiger partial charge in [-0.1, -0.05) is 0 Å². The highest BCUT2D eigenvalue weighted by Crippen LogP contribution is 2.25. The molecule has 0 saturated heterocycles. The van der Waals surface area contributed by atoms with E-state index in [4.69, 9.17) is 10.00 Å². The summed E-state index contributed by atoms with van der Waals surface area (Å²) in [5.74, 6) is 1.06. The average molecular weight is 273 g/mol. The minimum atomic E-state index is -0.371. The summed E-state index contributed by atoms with van der Waals surface area (Å²) < 4.78 is 18.3. The van der Waals surface area contributed by atoms with E-state index < -0.39 is 0 Å². The van der Waals surface area contributed by atoms with Crippen molar-refractivity contribution >= 4 is 11.8 Å². The first-order chi connectivity index (χ1) is 9.21. The lowest BCUT2D eigenvalue weighted by molar-refractivity contribution is 0.414. The number of halogens is 1. The van der Waals surface area contributed by atoms with Crippen LogP contribution in [0.25, 0.3) is 0 Å². The number of methoxy groups -OCH3 is 1. The van der Waals surface area contributed by atoms with E-state index in [1.165, 1.54) is 12.1 Å². The van der Waals surface area contributed by atoms with Gasteiger partial charge in [0.2, 0.25) is 0 Å². The van der Waals surface area contributed by atoms with Gasteiger partial charge in [0.25, 0.3) is 0 Å². The van der Waals surface area contributed by atoms with Gasteiger partial charge in [-0.15, -0.1) is 11.8 Å². The van der Waals surface area contributed by atoms with E-state index in [9.17, 15) is 4.39 Å². The van der Waals surface area contributed by atoms with Crippen LogP contribution in [0.15, 0.2) is 47.4 Å². The van der Waals surface area contributed by atoms with Crippen molar-refractivity contribution in [3.63, 3.8) is 0 Å². The summed E-state index contributed by atoms with van der Waals surface area (Å²) in [6, 6.07) is 14.0. The normalized spacial score (nSPS) is 9.95. The average Bonchev–Trinajstić information content (AvgIpc) is 2.45. The van der Waals surface area contributed by atoms with Gasteiger partial charge in [0, 0.05) is 10.6 Å². The predicted molar refractivity (Wildman–Crippen MR) is 73.7 cm³/mol. The van der Waals surface area contributed by atoms with E-state index in [0.717, 1.165) is 16.2 Å². The molecule has 0 heterocycles. The summed E-state index contributed by atoms with van der Waals surface area (Å²) in [4.78, 5) is 1.07. The summed E-state index contributed by atoms with van der Waals surface area (Å²) in [5, 5.41) is 8.79. The second kappa shape index (κ2) is 6.26. The van der Waals surface area contributed by atoms with E-state index in [0.29, 0.717) is 11.3 Å². The highest BCUT2D eigenvalue weighted by molar-refractivity contribution is 7.98. The van der Waals surface area contributed by atoms with Crippen molar-refractivity contribution in [2.45, 2.75) is 10.6 Å². The fourth-order valence-electron chi connectivity index (χ4n) is 1.64. The third-order valence-corrected chi connectivity index (χ3v) is 3.63. The Morgan fingerprint density at radius 3 is 2.58 bits per heavy atom. The number of benzene rings is 2. The largest absolute Gasteiger partial charge is 0.497 e. The zero-order valence-electron chi connectivity index (χ0n) is 10.4. The summed E-state index contributed by atoms with van der Waals surface area (Å²) in [7, 11) is 1.62. The number of rotatable bonds is 4. The van der Waals surface area contributed by atoms with E-state index in [-0.39, 0.29) is 5.82 Å². The summed E-state index contributed by atoms with van der Waals surface area (Å²) in [6.07, 6.45) is 0. The molecule has 2 aromatic carbocycles. The van der Waals surface area contributed by atoms with Crippen LogP contribution in [0.3, 0.4) is 0 Å². The van der Waals surface area contributed by atoms with Crippen molar-refractivity contribution < 1.29 is 9.13 Å². The van der Waals surface area contributed by atoms with Crippen molar-refractivity contribution in [3.05, 3.63) is 59.4 Å². The molecule has 0 atom stereocenters. The van der Waals surface area contributed by atoms with Crippen molar-refractivity contribution in [2.24, 2.45) is 0 Å². The molecule has 0 bridgehead atoms. The van der Waals surface area contributed by atoms with Crippen LogP contribution in [0.5, 0.6) is 5.75 Å². The van der Waals surface area contributed by atoms with Crippen LogP contribution in [0, 0.1) is 17.1 Å². The molecule has 0 N–H and O–H groups in total. The van der Waals surface area contributed by atoms with Gasteiger partial charge in [0.1, 0.15) is 11.6 Å². The number of hydrogen-bond acceptors (Lipinski definition) is 3. The molecular formula is C15H12FNOS. The second-order valence-electron chi connectivity index (χ2n) is 3.92. The maximum absolute atomic E-state index is 13.3. The molecule has 0 radical (unpaired) electrons. The Labute approximate surface area is 115 Å². The summed E-state index contributed by atoms with van der Waals surface area (Å²) >= 11 is 1.59. The molecule has 0 amide bonds. The van der Waals surface area contributed by atoms with Gasteiger partial charge < -0.3 is 4.74 Å². The molecule has 0 unspecified atom stereocenters. The zero-order valence-corrected chi connectivity index (χ0v) is 11.2. The molecule has 0 aliphatic carbocycles. The Hall–Kier alpha value is -1.99. The molecule has 0 saturated carbocycles. The topological polar surface area (TPSA) is 33.0 Å². The van der Waals surface area contributed by atoms with Crippen LogP contribution in [-0.2, 0) is 5.75 Å². The Balaban J connectivity index is 2.05. The van der Waals surface area contributed by atoms with Gasteiger partial charge in [0.05, 0.1) is 18.7 Å². The first-order valence-electron chi connectivity index (χ1n) is 5.67. The van der Waals surface area contributed by atoms with Gasteiger partial charge in [-0.25, -0.2) is 4.39 Å². The summed E-state index contributed by atoms with van der Waals surface area (Å²) in [5.41, 5.74) is 1.16. The third kappa shape index (κ3) is 3.73. The maximum atomic E-state index is 13.3. The molecule has 0 fully saturated rings. The van der Waals surface area contributed by atoms with Crippen LogP contribution in [0.2, 0.25) is 0 Å². The van der Waals surface area contributed by atoms with Gasteiger partial charge in [-0.2, -0.15) is 5.26 Å². The molecule has 2 rings (SSSR count). The second-order valence-corrected chi connectivity index (χ2v) is 4.97. The van der Waals surface area contributed by atoms with E-state index in [1.807, 2.05) is 30.3 Å². The Bertz CT molecular complexity index is 605. The highest BCUT2D eigenvalue weighted by Gasteiger charge is 2.02. The molecule has 4 heteroatoms. The van der Waals surface area contributed by atoms with Crippen molar-refractivity contribution in [1.29, 1.82) is 5.26 Å². The first-order valence-corrected chi connectivity index (χ1v) is 6.66. The van der Waals surface area contributed by atoms with Crippen molar-refractivity contribution in [2.75, 3.05) is 7.11 Å². The van der Waals surface area contributed by atoms with Crippen LogP contribution in [0.1, 0.15) is 11.1 Å². The van der Waals surface area contributed by atoms with Gasteiger partial charge in [-0.3, -0.25) is 0 Å². The number of hydrogen-bond donors (Lipinski definition) is 0. The molecule has 2 aromatic rings. The Morgan fingerprint density at radius 1 is 1.21 bits per heavy atom. The van der Waals surface area contributed by atoms with Crippen LogP contribution >= 0.6 is 11.8 Å². The third-order valence-electron chi connectivity index (χ3n) is 2.55. The molecule has 2 nitrogen and oxygen atoms in total. The molecule has 0 aliphatic heterocycles. The SMILES string of the molecule is COc1ccc(SCc2cc(F)cc(C#N)c2)cc1. The molecule has 96 valence electrons. The Morgan fingerprint density at radius 2 is 1.95 bits per heavy atom. The minimum Gasteiger partial charge on any atom is -0.497 e. The van der Waals surface area contributed by atoms with Crippen LogP contribution in [-0.4, -0.2) is 7.11 Å². The monoisotopic (exact) mass is 273 g/mol. The fraction of sp³-hybridized carbons (Fsp3) is 0.133. The Kier molecular flexibility index (Phi) is 4.43. The highest BCUT2D eigenvalue weighted by atomic mass is 32.2. The predicted octanol–water partition coefficient (Wildman–Crippen LogP) is 4.00. The van der Waals surface area contributed by atoms with E-state index in [2.05, 4.69) is 0 Å². The van der Waals surface area contributed by atoms with E-state index in [1.54, 1.807) is 24.9 Å². The van der Waals surface area contributed by atoms with Gasteiger partial charge in [0.15, 0.2) is 0 Å². The summed E-state index contributed by atoms with van der Waals surface area (Å²) in [6.45, 7) is 0. The zero-order chi connectivity index (χ0) is 13.7. The smallest absolute Gasteiger partial charge is 0.124 e. The van der Waals surface area contributed by atoms with Gasteiger partial charge in [-0.05, 0) is 48.0 Å². The van der Waals surface area contributed by atoms with Crippen LogP contribution in [0.4, 0.5) is 4.39 Å². The molecular weight excluding hydrogens is 261 g/mol. The first kappa shape index (κ1) is 13.4. The molecule has 0 spiro atoms. The molecule has 0 aromatic heterocycles. The van der Waals surface area contributed by atoms with Crippen molar-refractivity contribution in [1.82, 2.24) is 0 Å². The van der Waals surface area contributed by atoms with E-state index >= 15 is 0 Å². The quantitative estimate of drug-likeness (QED) is 0.789. The number of nitrogens with zero attached hydrogens (tertiary/aromatic N) is 1. The lowest BCUT2D eigenvalue weighted by Crippen LogP contribution is -1.87. The molecule has 0 aliphatic rings. The fourth-order valence-corrected chi connectivity index (χ4v) is 2.47. The minimum absolute atomic E-state index is 0.352. The van der Waals surface area contributed by atoms with Gasteiger partial charge >= 0.3 is 0 Å². The number of ether oxygens (including phenoxy) is 1. The maximum Gasteiger partial charge on any atom is 0.124 e. The standard InChI is InChI=1S/C15H12FNOS/c1-18-14-2-4-15(5-3-14)19-10-12-6-11(9-17)7-13(16)8-12/h2-8H,10H2,1H3. The number of thioether (sulfide) groups is 1. The number of nitriles is 1. The lowest BCUT2D eigenvalue weighted by Gasteiger charge is -2.04. The molecule has 19 heavy (non-hydrogen) atoms. The van der Waals surface area contributed by atoms with Crippen LogP contribution < -0.4 is 4.74 Å². The lowest BCUT2D eigenvalue weighted by atomic mass is 10.1. The van der Waals surface area contributed by atoms with Crippen molar-refractivity contribution in [3.8, 4) is 11.8 Å².